The maximum atomic E-state index is 5.38. The summed E-state index contributed by atoms with van der Waals surface area (Å²) in [5.41, 5.74) is 5.38. The molecule has 0 saturated heterocycles. The van der Waals surface area contributed by atoms with Gasteiger partial charge in [0.2, 0.25) is 5.89 Å². The molecular weight excluding hydrogens is 166 g/mol. The van der Waals surface area contributed by atoms with Crippen LogP contribution in [0.25, 0.3) is 0 Å². The molecule has 0 radical (unpaired) electrons. The van der Waals surface area contributed by atoms with Gasteiger partial charge in [-0.3, -0.25) is 0 Å². The zero-order valence-corrected chi connectivity index (χ0v) is 7.70. The van der Waals surface area contributed by atoms with Crippen molar-refractivity contribution in [3.8, 4) is 0 Å². The van der Waals surface area contributed by atoms with Crippen molar-refractivity contribution in [3.05, 3.63) is 11.7 Å². The largest absolute Gasteiger partial charge is 0.338 e. The highest BCUT2D eigenvalue weighted by atomic mass is 16.5. The van der Waals surface area contributed by atoms with Gasteiger partial charge in [-0.05, 0) is 5.92 Å². The van der Waals surface area contributed by atoms with Crippen LogP contribution in [0, 0.1) is 5.92 Å². The topological polar surface area (TPSA) is 64.9 Å². The molecule has 72 valence electrons. The standard InChI is InChI=1S/C9H15N3O/c10-6-9-11-8(12-13-9)5-7-3-1-2-4-7/h7H,1-6,10H2. The molecule has 0 unspecified atom stereocenters. The van der Waals surface area contributed by atoms with Gasteiger partial charge in [-0.15, -0.1) is 0 Å². The summed E-state index contributed by atoms with van der Waals surface area (Å²) < 4.78 is 4.94. The van der Waals surface area contributed by atoms with E-state index in [1.807, 2.05) is 0 Å². The molecule has 1 aliphatic rings. The van der Waals surface area contributed by atoms with Crippen LogP contribution in [0.4, 0.5) is 0 Å². The Kier molecular flexibility index (Phi) is 2.59. The fourth-order valence-electron chi connectivity index (χ4n) is 1.93. The van der Waals surface area contributed by atoms with Gasteiger partial charge in [-0.1, -0.05) is 30.8 Å². The van der Waals surface area contributed by atoms with Crippen molar-refractivity contribution in [1.29, 1.82) is 0 Å². The molecule has 1 aliphatic carbocycles. The SMILES string of the molecule is NCc1nc(CC2CCCC2)no1. The lowest BCUT2D eigenvalue weighted by Crippen LogP contribution is -2.01. The summed E-state index contributed by atoms with van der Waals surface area (Å²) in [4.78, 5) is 4.19. The molecule has 0 aromatic carbocycles. The normalized spacial score (nSPS) is 18.2. The van der Waals surface area contributed by atoms with Crippen LogP contribution in [0.3, 0.4) is 0 Å². The second kappa shape index (κ2) is 3.87. The minimum Gasteiger partial charge on any atom is -0.338 e. The van der Waals surface area contributed by atoms with Crippen molar-refractivity contribution in [2.45, 2.75) is 38.6 Å². The first kappa shape index (κ1) is 8.69. The predicted molar refractivity (Wildman–Crippen MR) is 47.9 cm³/mol. The monoisotopic (exact) mass is 181 g/mol. The maximum absolute atomic E-state index is 5.38. The molecule has 0 spiro atoms. The molecule has 1 fully saturated rings. The number of aromatic nitrogens is 2. The molecule has 0 bridgehead atoms. The molecule has 1 aromatic rings. The minimum absolute atomic E-state index is 0.345. The number of hydrogen-bond donors (Lipinski definition) is 1. The third-order valence-corrected chi connectivity index (χ3v) is 2.63. The molecule has 4 nitrogen and oxygen atoms in total. The first-order chi connectivity index (χ1) is 6.38. The minimum atomic E-state index is 0.345. The quantitative estimate of drug-likeness (QED) is 0.762. The van der Waals surface area contributed by atoms with E-state index in [-0.39, 0.29) is 0 Å². The van der Waals surface area contributed by atoms with Gasteiger partial charge in [0.1, 0.15) is 0 Å². The zero-order chi connectivity index (χ0) is 9.10. The van der Waals surface area contributed by atoms with E-state index in [9.17, 15) is 0 Å². The van der Waals surface area contributed by atoms with Crippen molar-refractivity contribution in [1.82, 2.24) is 10.1 Å². The Bertz CT molecular complexity index is 266. The summed E-state index contributed by atoms with van der Waals surface area (Å²) in [6, 6.07) is 0. The van der Waals surface area contributed by atoms with Crippen LogP contribution < -0.4 is 5.73 Å². The average molecular weight is 181 g/mol. The Morgan fingerprint density at radius 1 is 1.38 bits per heavy atom. The highest BCUT2D eigenvalue weighted by Crippen LogP contribution is 2.27. The van der Waals surface area contributed by atoms with Gasteiger partial charge in [0.15, 0.2) is 5.82 Å². The summed E-state index contributed by atoms with van der Waals surface area (Å²) in [6.07, 6.45) is 6.29. The average Bonchev–Trinajstić information content (AvgIpc) is 2.76. The van der Waals surface area contributed by atoms with E-state index in [4.69, 9.17) is 10.3 Å². The summed E-state index contributed by atoms with van der Waals surface area (Å²) in [6.45, 7) is 0.345. The molecule has 13 heavy (non-hydrogen) atoms. The summed E-state index contributed by atoms with van der Waals surface area (Å²) in [5, 5.41) is 3.88. The van der Waals surface area contributed by atoms with Crippen LogP contribution in [0.5, 0.6) is 0 Å². The van der Waals surface area contributed by atoms with Gasteiger partial charge in [0.05, 0.1) is 6.54 Å². The van der Waals surface area contributed by atoms with Gasteiger partial charge in [0.25, 0.3) is 0 Å². The third kappa shape index (κ3) is 2.06. The number of nitrogens with zero attached hydrogens (tertiary/aromatic N) is 2. The molecule has 1 saturated carbocycles. The van der Waals surface area contributed by atoms with E-state index in [0.717, 1.165) is 18.2 Å². The number of nitrogens with two attached hydrogens (primary N) is 1. The van der Waals surface area contributed by atoms with Crippen molar-refractivity contribution in [2.24, 2.45) is 11.7 Å². The molecule has 1 aromatic heterocycles. The van der Waals surface area contributed by atoms with E-state index in [1.54, 1.807) is 0 Å². The van der Waals surface area contributed by atoms with E-state index < -0.39 is 0 Å². The first-order valence-electron chi connectivity index (χ1n) is 4.90. The van der Waals surface area contributed by atoms with E-state index in [1.165, 1.54) is 25.7 Å². The van der Waals surface area contributed by atoms with E-state index >= 15 is 0 Å². The summed E-state index contributed by atoms with van der Waals surface area (Å²) in [5.74, 6) is 2.14. The summed E-state index contributed by atoms with van der Waals surface area (Å²) >= 11 is 0. The zero-order valence-electron chi connectivity index (χ0n) is 7.70. The smallest absolute Gasteiger partial charge is 0.240 e. The molecule has 0 aliphatic heterocycles. The van der Waals surface area contributed by atoms with Crippen LogP contribution in [-0.2, 0) is 13.0 Å². The highest BCUT2D eigenvalue weighted by molar-refractivity contribution is 4.88. The molecule has 2 rings (SSSR count). The fraction of sp³-hybridized carbons (Fsp3) is 0.778. The van der Waals surface area contributed by atoms with Gasteiger partial charge in [-0.25, -0.2) is 0 Å². The summed E-state index contributed by atoms with van der Waals surface area (Å²) in [7, 11) is 0. The molecule has 2 N–H and O–H groups in total. The lowest BCUT2D eigenvalue weighted by Gasteiger charge is -2.02. The number of hydrogen-bond acceptors (Lipinski definition) is 4. The Morgan fingerprint density at radius 3 is 2.77 bits per heavy atom. The second-order valence-corrected chi connectivity index (χ2v) is 3.66. The third-order valence-electron chi connectivity index (χ3n) is 2.63. The van der Waals surface area contributed by atoms with Crippen molar-refractivity contribution in [3.63, 3.8) is 0 Å². The van der Waals surface area contributed by atoms with Crippen LogP contribution in [0.15, 0.2) is 4.52 Å². The van der Waals surface area contributed by atoms with Crippen molar-refractivity contribution >= 4 is 0 Å². The second-order valence-electron chi connectivity index (χ2n) is 3.66. The molecule has 0 atom stereocenters. The van der Waals surface area contributed by atoms with Crippen LogP contribution in [-0.4, -0.2) is 10.1 Å². The molecule has 1 heterocycles. The van der Waals surface area contributed by atoms with Crippen LogP contribution >= 0.6 is 0 Å². The van der Waals surface area contributed by atoms with Gasteiger partial charge < -0.3 is 10.3 Å². The Morgan fingerprint density at radius 2 is 2.15 bits per heavy atom. The van der Waals surface area contributed by atoms with Gasteiger partial charge in [-0.2, -0.15) is 4.98 Å². The Hall–Kier alpha value is -0.900. The van der Waals surface area contributed by atoms with Crippen molar-refractivity contribution < 1.29 is 4.52 Å². The van der Waals surface area contributed by atoms with E-state index in [0.29, 0.717) is 12.4 Å². The lowest BCUT2D eigenvalue weighted by atomic mass is 10.0. The highest BCUT2D eigenvalue weighted by Gasteiger charge is 2.17. The van der Waals surface area contributed by atoms with Crippen LogP contribution in [0.1, 0.15) is 37.4 Å². The Labute approximate surface area is 77.5 Å². The first-order valence-corrected chi connectivity index (χ1v) is 4.90. The Balaban J connectivity index is 1.92. The van der Waals surface area contributed by atoms with Crippen molar-refractivity contribution in [2.75, 3.05) is 0 Å². The molecule has 4 heteroatoms. The predicted octanol–water partition coefficient (Wildman–Crippen LogP) is 1.26. The van der Waals surface area contributed by atoms with Gasteiger partial charge in [0, 0.05) is 6.42 Å². The van der Waals surface area contributed by atoms with E-state index in [2.05, 4.69) is 10.1 Å². The van der Waals surface area contributed by atoms with Gasteiger partial charge >= 0.3 is 0 Å². The molecule has 0 amide bonds. The fourth-order valence-corrected chi connectivity index (χ4v) is 1.93. The van der Waals surface area contributed by atoms with Crippen LogP contribution in [0.2, 0.25) is 0 Å². The molecular formula is C9H15N3O. The lowest BCUT2D eigenvalue weighted by molar-refractivity contribution is 0.370. The maximum Gasteiger partial charge on any atom is 0.240 e. The number of rotatable bonds is 3.